The topological polar surface area (TPSA) is 41.1 Å². The summed E-state index contributed by atoms with van der Waals surface area (Å²) in [5.41, 5.74) is 1.61. The second kappa shape index (κ2) is 6.16. The van der Waals surface area contributed by atoms with Gasteiger partial charge in [-0.3, -0.25) is 4.79 Å². The van der Waals surface area contributed by atoms with Crippen LogP contribution in [0, 0.1) is 0 Å². The Kier molecular flexibility index (Phi) is 4.83. The van der Waals surface area contributed by atoms with E-state index in [2.05, 4.69) is 17.6 Å². The van der Waals surface area contributed by atoms with E-state index in [1.807, 2.05) is 38.1 Å². The summed E-state index contributed by atoms with van der Waals surface area (Å²) in [5.74, 6) is -0.00843. The molecule has 1 atom stereocenters. The molecule has 0 saturated carbocycles. The second-order valence-corrected chi connectivity index (χ2v) is 3.86. The van der Waals surface area contributed by atoms with Crippen LogP contribution in [0.4, 0.5) is 5.69 Å². The molecule has 0 fully saturated rings. The molecule has 1 amide bonds. The largest absolute Gasteiger partial charge is 0.385 e. The molecular formula is C13H20N2O. The first-order valence-electron chi connectivity index (χ1n) is 5.82. The number of carbonyl (C=O) groups excluding carboxylic acids is 1. The van der Waals surface area contributed by atoms with Gasteiger partial charge in [-0.2, -0.15) is 0 Å². The van der Waals surface area contributed by atoms with Crippen LogP contribution in [-0.2, 0) is 0 Å². The van der Waals surface area contributed by atoms with Crippen LogP contribution >= 0.6 is 0 Å². The molecule has 16 heavy (non-hydrogen) atoms. The molecule has 0 aliphatic carbocycles. The van der Waals surface area contributed by atoms with Gasteiger partial charge in [0.25, 0.3) is 5.91 Å². The predicted octanol–water partition coefficient (Wildman–Crippen LogP) is 2.65. The van der Waals surface area contributed by atoms with Crippen LogP contribution in [0.1, 0.15) is 37.6 Å². The van der Waals surface area contributed by atoms with Crippen LogP contribution < -0.4 is 10.6 Å². The molecule has 0 unspecified atom stereocenters. The molecule has 0 heterocycles. The van der Waals surface area contributed by atoms with E-state index in [4.69, 9.17) is 0 Å². The summed E-state index contributed by atoms with van der Waals surface area (Å²) in [6.45, 7) is 6.89. The quantitative estimate of drug-likeness (QED) is 0.801. The Morgan fingerprint density at radius 2 is 2.00 bits per heavy atom. The van der Waals surface area contributed by atoms with Crippen LogP contribution in [-0.4, -0.2) is 18.5 Å². The zero-order valence-corrected chi connectivity index (χ0v) is 10.2. The van der Waals surface area contributed by atoms with Gasteiger partial charge in [0.2, 0.25) is 0 Å². The van der Waals surface area contributed by atoms with E-state index in [1.54, 1.807) is 0 Å². The molecule has 0 aliphatic rings. The first-order chi connectivity index (χ1) is 7.69. The lowest BCUT2D eigenvalue weighted by atomic mass is 10.1. The fraction of sp³-hybridized carbons (Fsp3) is 0.462. The average molecular weight is 220 g/mol. The summed E-state index contributed by atoms with van der Waals surface area (Å²) in [4.78, 5) is 12.0. The number of anilines is 1. The minimum Gasteiger partial charge on any atom is -0.385 e. The molecule has 3 heteroatoms. The normalized spacial score (nSPS) is 11.9. The third kappa shape index (κ3) is 3.26. The molecule has 0 radical (unpaired) electrons. The van der Waals surface area contributed by atoms with Crippen molar-refractivity contribution in [2.75, 3.05) is 11.9 Å². The number of hydrogen-bond acceptors (Lipinski definition) is 2. The fourth-order valence-electron chi connectivity index (χ4n) is 1.43. The van der Waals surface area contributed by atoms with Gasteiger partial charge in [-0.05, 0) is 32.4 Å². The Balaban J connectivity index is 2.81. The lowest BCUT2D eigenvalue weighted by molar-refractivity contribution is 0.0940. The van der Waals surface area contributed by atoms with Crippen molar-refractivity contribution in [1.29, 1.82) is 0 Å². The van der Waals surface area contributed by atoms with Gasteiger partial charge < -0.3 is 10.6 Å². The highest BCUT2D eigenvalue weighted by Gasteiger charge is 2.11. The van der Waals surface area contributed by atoms with Gasteiger partial charge in [-0.25, -0.2) is 0 Å². The van der Waals surface area contributed by atoms with Crippen molar-refractivity contribution < 1.29 is 4.79 Å². The highest BCUT2D eigenvalue weighted by atomic mass is 16.1. The van der Waals surface area contributed by atoms with Crippen LogP contribution in [0.15, 0.2) is 24.3 Å². The van der Waals surface area contributed by atoms with Gasteiger partial charge in [0.05, 0.1) is 5.56 Å². The van der Waals surface area contributed by atoms with E-state index in [9.17, 15) is 4.79 Å². The molecule has 1 rings (SSSR count). The van der Waals surface area contributed by atoms with E-state index >= 15 is 0 Å². The number of rotatable bonds is 5. The fourth-order valence-corrected chi connectivity index (χ4v) is 1.43. The minimum atomic E-state index is -0.00843. The maximum absolute atomic E-state index is 12.0. The zero-order valence-electron chi connectivity index (χ0n) is 10.2. The van der Waals surface area contributed by atoms with Gasteiger partial charge in [-0.1, -0.05) is 19.1 Å². The summed E-state index contributed by atoms with van der Waals surface area (Å²) < 4.78 is 0. The molecule has 0 aliphatic heterocycles. The third-order valence-electron chi connectivity index (χ3n) is 2.53. The number of para-hydroxylation sites is 1. The molecule has 2 N–H and O–H groups in total. The Labute approximate surface area is 97.2 Å². The van der Waals surface area contributed by atoms with Gasteiger partial charge >= 0.3 is 0 Å². The van der Waals surface area contributed by atoms with E-state index in [-0.39, 0.29) is 11.9 Å². The molecule has 1 aromatic carbocycles. The molecule has 3 nitrogen and oxygen atoms in total. The minimum absolute atomic E-state index is 0.00843. The number of amides is 1. The van der Waals surface area contributed by atoms with Crippen molar-refractivity contribution in [3.63, 3.8) is 0 Å². The molecule has 0 bridgehead atoms. The van der Waals surface area contributed by atoms with Crippen LogP contribution in [0.5, 0.6) is 0 Å². The van der Waals surface area contributed by atoms with Gasteiger partial charge in [0, 0.05) is 18.3 Å². The summed E-state index contributed by atoms with van der Waals surface area (Å²) >= 11 is 0. The zero-order chi connectivity index (χ0) is 12.0. The number of benzene rings is 1. The number of nitrogens with one attached hydrogen (secondary N) is 2. The van der Waals surface area contributed by atoms with Crippen LogP contribution in [0.2, 0.25) is 0 Å². The number of hydrogen-bond donors (Lipinski definition) is 2. The van der Waals surface area contributed by atoms with Crippen molar-refractivity contribution in [2.24, 2.45) is 0 Å². The van der Waals surface area contributed by atoms with Crippen molar-refractivity contribution in [1.82, 2.24) is 5.32 Å². The Morgan fingerprint density at radius 1 is 1.31 bits per heavy atom. The summed E-state index contributed by atoms with van der Waals surface area (Å²) in [7, 11) is 0. The molecule has 1 aromatic rings. The molecular weight excluding hydrogens is 200 g/mol. The molecule has 88 valence electrons. The summed E-state index contributed by atoms with van der Waals surface area (Å²) in [5, 5.41) is 6.15. The van der Waals surface area contributed by atoms with Crippen LogP contribution in [0.25, 0.3) is 0 Å². The maximum atomic E-state index is 12.0. The molecule has 0 aromatic heterocycles. The Hall–Kier alpha value is -1.51. The first kappa shape index (κ1) is 12.6. The van der Waals surface area contributed by atoms with Gasteiger partial charge in [0.1, 0.15) is 0 Å². The average Bonchev–Trinajstić information content (AvgIpc) is 2.30. The van der Waals surface area contributed by atoms with Gasteiger partial charge in [0.15, 0.2) is 0 Å². The monoisotopic (exact) mass is 220 g/mol. The van der Waals surface area contributed by atoms with E-state index in [0.717, 1.165) is 18.7 Å². The third-order valence-corrected chi connectivity index (χ3v) is 2.53. The lowest BCUT2D eigenvalue weighted by Gasteiger charge is -2.14. The van der Waals surface area contributed by atoms with Crippen molar-refractivity contribution in [3.8, 4) is 0 Å². The van der Waals surface area contributed by atoms with E-state index in [1.165, 1.54) is 0 Å². The highest BCUT2D eigenvalue weighted by molar-refractivity contribution is 5.99. The lowest BCUT2D eigenvalue weighted by Crippen LogP contribution is -2.32. The second-order valence-electron chi connectivity index (χ2n) is 3.86. The maximum Gasteiger partial charge on any atom is 0.253 e. The van der Waals surface area contributed by atoms with Gasteiger partial charge in [-0.15, -0.1) is 0 Å². The Bertz CT molecular complexity index is 350. The molecule has 0 spiro atoms. The van der Waals surface area contributed by atoms with Crippen molar-refractivity contribution in [2.45, 2.75) is 33.2 Å². The SMILES string of the molecule is CCNc1ccccc1C(=O)N[C@@H](C)CC. The van der Waals surface area contributed by atoms with Crippen molar-refractivity contribution in [3.05, 3.63) is 29.8 Å². The molecule has 0 saturated heterocycles. The smallest absolute Gasteiger partial charge is 0.253 e. The first-order valence-corrected chi connectivity index (χ1v) is 5.82. The summed E-state index contributed by atoms with van der Waals surface area (Å²) in [6, 6.07) is 7.79. The summed E-state index contributed by atoms with van der Waals surface area (Å²) in [6.07, 6.45) is 0.940. The van der Waals surface area contributed by atoms with Crippen molar-refractivity contribution >= 4 is 11.6 Å². The Morgan fingerprint density at radius 3 is 2.62 bits per heavy atom. The van der Waals surface area contributed by atoms with E-state index in [0.29, 0.717) is 5.56 Å². The highest BCUT2D eigenvalue weighted by Crippen LogP contribution is 2.14. The van der Waals surface area contributed by atoms with E-state index < -0.39 is 0 Å². The number of carbonyl (C=O) groups is 1. The standard InChI is InChI=1S/C13H20N2O/c1-4-10(3)15-13(16)11-8-6-7-9-12(11)14-5-2/h6-10,14H,4-5H2,1-3H3,(H,15,16)/t10-/m0/s1. The predicted molar refractivity (Wildman–Crippen MR) is 67.8 cm³/mol. The van der Waals surface area contributed by atoms with Crippen LogP contribution in [0.3, 0.4) is 0 Å².